The van der Waals surface area contributed by atoms with Gasteiger partial charge in [-0.15, -0.1) is 0 Å². The number of hydrogen-bond acceptors (Lipinski definition) is 13. The number of esters is 5. The Balaban J connectivity index is 2.26. The smallest absolute Gasteiger partial charge is 0.344 e. The molecule has 2 bridgehead atoms. The van der Waals surface area contributed by atoms with E-state index < -0.39 is 88.4 Å². The van der Waals surface area contributed by atoms with Crippen LogP contribution < -0.4 is 0 Å². The Morgan fingerprint density at radius 1 is 0.883 bits per heavy atom. The molecular formula is C47H70O13. The fourth-order valence-corrected chi connectivity index (χ4v) is 7.61. The summed E-state index contributed by atoms with van der Waals surface area (Å²) in [5.41, 5.74) is -4.77. The molecule has 0 radical (unpaired) electrons. The van der Waals surface area contributed by atoms with Gasteiger partial charge in [-0.3, -0.25) is 9.59 Å². The van der Waals surface area contributed by atoms with Crippen LogP contribution in [0.25, 0.3) is 0 Å². The lowest BCUT2D eigenvalue weighted by Crippen LogP contribution is -2.68. The maximum atomic E-state index is 14.9. The number of fused-ring (bicyclic) bond motifs is 2. The van der Waals surface area contributed by atoms with Crippen LogP contribution in [0.2, 0.25) is 0 Å². The number of hydrogen-bond donors (Lipinski definition) is 1. The summed E-state index contributed by atoms with van der Waals surface area (Å²) in [5.74, 6) is -9.13. The molecule has 2 aliphatic heterocycles. The van der Waals surface area contributed by atoms with E-state index in [1.165, 1.54) is 13.0 Å². The summed E-state index contributed by atoms with van der Waals surface area (Å²) < 4.78 is 42.4. The molecule has 1 aromatic carbocycles. The molecular weight excluding hydrogens is 773 g/mol. The van der Waals surface area contributed by atoms with Crippen molar-refractivity contribution < 1.29 is 62.2 Å². The molecule has 2 saturated heterocycles. The first-order valence-electron chi connectivity index (χ1n) is 21.1. The first kappa shape index (κ1) is 50.3. The van der Waals surface area contributed by atoms with Gasteiger partial charge in [-0.25, -0.2) is 14.4 Å². The van der Waals surface area contributed by atoms with E-state index in [1.807, 2.05) is 44.2 Å². The number of benzene rings is 1. The van der Waals surface area contributed by atoms with Crippen LogP contribution in [0.1, 0.15) is 128 Å². The number of allylic oxidation sites excluding steroid dienone is 1. The summed E-state index contributed by atoms with van der Waals surface area (Å²) in [5, 5.41) is 12.5. The summed E-state index contributed by atoms with van der Waals surface area (Å²) in [7, 11) is 0. The van der Waals surface area contributed by atoms with E-state index in [2.05, 4.69) is 20.4 Å². The van der Waals surface area contributed by atoms with Crippen molar-refractivity contribution in [1.82, 2.24) is 0 Å². The first-order chi connectivity index (χ1) is 27.5. The maximum Gasteiger partial charge on any atom is 0.344 e. The Morgan fingerprint density at radius 3 is 1.98 bits per heavy atom. The standard InChI is InChI=1S/C47H70O13/c1-16-28(2)26-29(3)22-23-34(49)55-39-38(50)46(25-24-30(4)36(54-32(6)48)31(5)27-33-20-18-17-19-21-33)56-37(41(52)58-44(10,11)12)35(40(51)57-43(7,8)9)47(39,60-46)42(53)59-45(13,14)15/h17-23,28-29,31,35-39,50H,4,16,24-27H2,1-3,5-15H3/b23-22+/t28?,29?,31?,35-,36?,37+,38-,39-,46+,47+/m1/s1. The van der Waals surface area contributed by atoms with Crippen LogP contribution in [0, 0.1) is 23.7 Å². The van der Waals surface area contributed by atoms with Crippen molar-refractivity contribution in [3.05, 3.63) is 60.2 Å². The second-order valence-electron chi connectivity index (χ2n) is 19.5. The molecule has 2 fully saturated rings. The second-order valence-corrected chi connectivity index (χ2v) is 19.5. The first-order valence-corrected chi connectivity index (χ1v) is 21.1. The van der Waals surface area contributed by atoms with Crippen molar-refractivity contribution in [1.29, 1.82) is 0 Å². The number of aliphatic hydroxyl groups is 1. The van der Waals surface area contributed by atoms with Gasteiger partial charge in [0.15, 0.2) is 12.2 Å². The normalized spacial score (nSPS) is 26.3. The highest BCUT2D eigenvalue weighted by atomic mass is 16.8. The molecule has 0 saturated carbocycles. The third-order valence-electron chi connectivity index (χ3n) is 10.3. The van der Waals surface area contributed by atoms with Gasteiger partial charge < -0.3 is 38.3 Å². The van der Waals surface area contributed by atoms with Crippen molar-refractivity contribution in [2.24, 2.45) is 23.7 Å². The predicted octanol–water partition coefficient (Wildman–Crippen LogP) is 7.54. The molecule has 1 N–H and O–H groups in total. The lowest BCUT2D eigenvalue weighted by Gasteiger charge is -2.47. The van der Waals surface area contributed by atoms with Gasteiger partial charge in [0, 0.05) is 25.3 Å². The number of aliphatic hydroxyl groups excluding tert-OH is 1. The molecule has 13 heteroatoms. The Labute approximate surface area is 356 Å². The topological polar surface area (TPSA) is 170 Å². The molecule has 10 atom stereocenters. The van der Waals surface area contributed by atoms with E-state index in [0.29, 0.717) is 17.9 Å². The minimum absolute atomic E-state index is 0.0301. The minimum Gasteiger partial charge on any atom is -0.460 e. The minimum atomic E-state index is -2.71. The average molecular weight is 843 g/mol. The summed E-state index contributed by atoms with van der Waals surface area (Å²) in [6.07, 6.45) is -1.98. The highest BCUT2D eigenvalue weighted by Gasteiger charge is 2.80. The summed E-state index contributed by atoms with van der Waals surface area (Å²) in [4.78, 5) is 70.0. The van der Waals surface area contributed by atoms with Crippen LogP contribution >= 0.6 is 0 Å². The quantitative estimate of drug-likeness (QED) is 0.0707. The Kier molecular flexibility index (Phi) is 16.6. The predicted molar refractivity (Wildman–Crippen MR) is 224 cm³/mol. The van der Waals surface area contributed by atoms with Gasteiger partial charge in [0.1, 0.15) is 34.9 Å². The molecule has 0 aliphatic carbocycles. The lowest BCUT2D eigenvalue weighted by molar-refractivity contribution is -0.346. The van der Waals surface area contributed by atoms with Crippen molar-refractivity contribution in [3.8, 4) is 0 Å². The average Bonchev–Trinajstić information content (AvgIpc) is 3.29. The van der Waals surface area contributed by atoms with Crippen molar-refractivity contribution in [2.75, 3.05) is 0 Å². The number of carbonyl (C=O) groups is 5. The van der Waals surface area contributed by atoms with E-state index in [1.54, 1.807) is 68.4 Å². The van der Waals surface area contributed by atoms with Gasteiger partial charge >= 0.3 is 29.8 Å². The van der Waals surface area contributed by atoms with Crippen LogP contribution in [0.15, 0.2) is 54.6 Å². The molecule has 336 valence electrons. The van der Waals surface area contributed by atoms with E-state index in [0.717, 1.165) is 18.4 Å². The Hall–Kier alpha value is -4.07. The molecule has 0 amide bonds. The zero-order valence-electron chi connectivity index (χ0n) is 38.2. The van der Waals surface area contributed by atoms with Crippen LogP contribution in [0.4, 0.5) is 0 Å². The molecule has 60 heavy (non-hydrogen) atoms. The van der Waals surface area contributed by atoms with Crippen LogP contribution in [-0.4, -0.2) is 87.6 Å². The highest BCUT2D eigenvalue weighted by Crippen LogP contribution is 2.55. The van der Waals surface area contributed by atoms with Crippen LogP contribution in [0.3, 0.4) is 0 Å². The molecule has 4 unspecified atom stereocenters. The maximum absolute atomic E-state index is 14.9. The van der Waals surface area contributed by atoms with E-state index in [-0.39, 0.29) is 24.7 Å². The molecule has 2 heterocycles. The Bertz CT molecular complexity index is 1710. The SMILES string of the molecule is C=C(CC[C@]12O[C@H](C(=O)OC(C)(C)C)[C@H](C(=O)OC(C)(C)C)[C@](C(=O)OC(C)(C)C)(O1)[C@H](OC(=O)/C=C/C(C)CC(C)CC)[C@H]2O)C(OC(C)=O)C(C)Cc1ccccc1. The fourth-order valence-electron chi connectivity index (χ4n) is 7.61. The lowest BCUT2D eigenvalue weighted by atomic mass is 9.78. The second kappa shape index (κ2) is 19.8. The van der Waals surface area contributed by atoms with Crippen molar-refractivity contribution in [3.63, 3.8) is 0 Å². The van der Waals surface area contributed by atoms with E-state index in [4.69, 9.17) is 33.2 Å². The number of carbonyl (C=O) groups excluding carboxylic acids is 5. The monoisotopic (exact) mass is 842 g/mol. The van der Waals surface area contributed by atoms with Gasteiger partial charge in [0.2, 0.25) is 11.4 Å². The zero-order valence-corrected chi connectivity index (χ0v) is 38.2. The van der Waals surface area contributed by atoms with E-state index in [9.17, 15) is 29.1 Å². The van der Waals surface area contributed by atoms with Crippen LogP contribution in [0.5, 0.6) is 0 Å². The van der Waals surface area contributed by atoms with E-state index >= 15 is 0 Å². The summed E-state index contributed by atoms with van der Waals surface area (Å²) in [6.45, 7) is 28.0. The van der Waals surface area contributed by atoms with Crippen molar-refractivity contribution >= 4 is 29.8 Å². The van der Waals surface area contributed by atoms with Gasteiger partial charge in [-0.1, -0.05) is 77.1 Å². The van der Waals surface area contributed by atoms with Gasteiger partial charge in [0.25, 0.3) is 0 Å². The van der Waals surface area contributed by atoms with Crippen molar-refractivity contribution in [2.45, 2.75) is 182 Å². The third-order valence-corrected chi connectivity index (χ3v) is 10.3. The highest BCUT2D eigenvalue weighted by molar-refractivity contribution is 5.95. The molecule has 1 aromatic rings. The number of ether oxygens (including phenoxy) is 7. The molecule has 0 aromatic heterocycles. The van der Waals surface area contributed by atoms with Gasteiger partial charge in [0.05, 0.1) is 0 Å². The molecule has 3 rings (SSSR count). The van der Waals surface area contributed by atoms with Gasteiger partial charge in [-0.05, 0) is 105 Å². The molecule has 0 spiro atoms. The Morgan fingerprint density at radius 2 is 1.45 bits per heavy atom. The third kappa shape index (κ3) is 13.2. The number of rotatable bonds is 17. The molecule has 13 nitrogen and oxygen atoms in total. The zero-order chi connectivity index (χ0) is 45.6. The molecule has 2 aliphatic rings. The van der Waals surface area contributed by atoms with Crippen LogP contribution in [-0.2, 0) is 63.6 Å². The fraction of sp³-hybridized carbons (Fsp3) is 0.681. The summed E-state index contributed by atoms with van der Waals surface area (Å²) >= 11 is 0. The largest absolute Gasteiger partial charge is 0.460 e. The van der Waals surface area contributed by atoms with Gasteiger partial charge in [-0.2, -0.15) is 0 Å². The summed E-state index contributed by atoms with van der Waals surface area (Å²) in [6, 6.07) is 9.63.